The number of aryl methyl sites for hydroxylation is 1. The van der Waals surface area contributed by atoms with Crippen LogP contribution >= 0.6 is 0 Å². The number of hydrogen-bond donors (Lipinski definition) is 2. The first-order valence-corrected chi connectivity index (χ1v) is 7.46. The van der Waals surface area contributed by atoms with Gasteiger partial charge >= 0.3 is 0 Å². The zero-order valence-electron chi connectivity index (χ0n) is 13.3. The molecule has 0 aliphatic rings. The molecule has 2 amide bonds. The van der Waals surface area contributed by atoms with Crippen molar-refractivity contribution in [1.29, 1.82) is 0 Å². The second-order valence-electron chi connectivity index (χ2n) is 5.05. The molecule has 2 rings (SSSR count). The van der Waals surface area contributed by atoms with Crippen LogP contribution in [0.2, 0.25) is 0 Å². The molecule has 2 N–H and O–H groups in total. The van der Waals surface area contributed by atoms with Crippen LogP contribution in [0.25, 0.3) is 0 Å². The summed E-state index contributed by atoms with van der Waals surface area (Å²) in [6.45, 7) is 4.23. The van der Waals surface area contributed by atoms with Crippen LogP contribution in [0.4, 0.5) is 5.69 Å². The molecule has 0 saturated carbocycles. The van der Waals surface area contributed by atoms with Crippen molar-refractivity contribution >= 4 is 17.5 Å². The van der Waals surface area contributed by atoms with Crippen LogP contribution in [0.3, 0.4) is 0 Å². The highest BCUT2D eigenvalue weighted by atomic mass is 16.5. The molecule has 5 nitrogen and oxygen atoms in total. The van der Waals surface area contributed by atoms with Gasteiger partial charge in [0.15, 0.2) is 6.61 Å². The van der Waals surface area contributed by atoms with Crippen LogP contribution in [-0.2, 0) is 4.79 Å². The van der Waals surface area contributed by atoms with Crippen LogP contribution < -0.4 is 15.4 Å². The Labute approximate surface area is 135 Å². The molecule has 0 fully saturated rings. The molecular weight excluding hydrogens is 292 g/mol. The largest absolute Gasteiger partial charge is 0.484 e. The van der Waals surface area contributed by atoms with Crippen LogP contribution in [0.5, 0.6) is 5.75 Å². The number of nitrogens with one attached hydrogen (secondary N) is 2. The van der Waals surface area contributed by atoms with E-state index < -0.39 is 0 Å². The SMILES string of the molecule is CCNC(=O)c1ccccc1NC(=O)COc1ccc(C)cc1. The summed E-state index contributed by atoms with van der Waals surface area (Å²) in [4.78, 5) is 24.0. The highest BCUT2D eigenvalue weighted by Gasteiger charge is 2.12. The molecule has 5 heteroatoms. The first kappa shape index (κ1) is 16.5. The van der Waals surface area contributed by atoms with Crippen molar-refractivity contribution in [2.24, 2.45) is 0 Å². The molecule has 0 radical (unpaired) electrons. The van der Waals surface area contributed by atoms with Crippen molar-refractivity contribution in [2.45, 2.75) is 13.8 Å². The number of carbonyl (C=O) groups excluding carboxylic acids is 2. The number of rotatable bonds is 6. The minimum Gasteiger partial charge on any atom is -0.484 e. The average Bonchev–Trinajstić information content (AvgIpc) is 2.55. The summed E-state index contributed by atoms with van der Waals surface area (Å²) in [6, 6.07) is 14.3. The Kier molecular flexibility index (Phi) is 5.74. The van der Waals surface area contributed by atoms with Gasteiger partial charge in [-0.3, -0.25) is 9.59 Å². The third kappa shape index (κ3) is 4.85. The molecule has 23 heavy (non-hydrogen) atoms. The van der Waals surface area contributed by atoms with E-state index in [0.29, 0.717) is 23.5 Å². The van der Waals surface area contributed by atoms with E-state index in [0.717, 1.165) is 5.56 Å². The summed E-state index contributed by atoms with van der Waals surface area (Å²) < 4.78 is 5.43. The standard InChI is InChI=1S/C18H20N2O3/c1-3-19-18(22)15-6-4-5-7-16(15)20-17(21)12-23-14-10-8-13(2)9-11-14/h4-11H,3,12H2,1-2H3,(H,19,22)(H,20,21). The number of carbonyl (C=O) groups is 2. The predicted molar refractivity (Wildman–Crippen MR) is 89.8 cm³/mol. The van der Waals surface area contributed by atoms with Gasteiger partial charge in [0.05, 0.1) is 11.3 Å². The molecule has 0 aromatic heterocycles. The Morgan fingerprint density at radius 1 is 1.04 bits per heavy atom. The van der Waals surface area contributed by atoms with Crippen LogP contribution in [0.1, 0.15) is 22.8 Å². The molecule has 120 valence electrons. The summed E-state index contributed by atoms with van der Waals surface area (Å²) in [5.41, 5.74) is 2.02. The lowest BCUT2D eigenvalue weighted by atomic mass is 10.1. The lowest BCUT2D eigenvalue weighted by molar-refractivity contribution is -0.118. The smallest absolute Gasteiger partial charge is 0.262 e. The van der Waals surface area contributed by atoms with Gasteiger partial charge < -0.3 is 15.4 Å². The maximum Gasteiger partial charge on any atom is 0.262 e. The van der Waals surface area contributed by atoms with Gasteiger partial charge in [-0.1, -0.05) is 29.8 Å². The topological polar surface area (TPSA) is 67.4 Å². The molecule has 0 atom stereocenters. The molecule has 0 heterocycles. The molecule has 2 aromatic carbocycles. The van der Waals surface area contributed by atoms with Crippen molar-refractivity contribution < 1.29 is 14.3 Å². The zero-order valence-corrected chi connectivity index (χ0v) is 13.3. The van der Waals surface area contributed by atoms with Gasteiger partial charge in [0.25, 0.3) is 11.8 Å². The van der Waals surface area contributed by atoms with Crippen LogP contribution in [0, 0.1) is 6.92 Å². The molecule has 0 unspecified atom stereocenters. The van der Waals surface area contributed by atoms with E-state index in [-0.39, 0.29) is 18.4 Å². The highest BCUT2D eigenvalue weighted by molar-refractivity contribution is 6.03. The number of benzene rings is 2. The second kappa shape index (κ2) is 7.98. The maximum atomic E-state index is 12.0. The lowest BCUT2D eigenvalue weighted by Crippen LogP contribution is -2.26. The molecule has 2 aromatic rings. The number of hydrogen-bond acceptors (Lipinski definition) is 3. The van der Waals surface area contributed by atoms with Gasteiger partial charge in [-0.05, 0) is 38.1 Å². The summed E-state index contributed by atoms with van der Waals surface area (Å²) >= 11 is 0. The van der Waals surface area contributed by atoms with E-state index in [2.05, 4.69) is 10.6 Å². The Morgan fingerprint density at radius 3 is 2.43 bits per heavy atom. The summed E-state index contributed by atoms with van der Waals surface area (Å²) in [7, 11) is 0. The quantitative estimate of drug-likeness (QED) is 0.862. The van der Waals surface area contributed by atoms with E-state index >= 15 is 0 Å². The van der Waals surface area contributed by atoms with Gasteiger partial charge in [0.1, 0.15) is 5.75 Å². The number of anilines is 1. The Bertz CT molecular complexity index is 681. The van der Waals surface area contributed by atoms with Crippen LogP contribution in [0.15, 0.2) is 48.5 Å². The van der Waals surface area contributed by atoms with E-state index in [1.54, 1.807) is 24.3 Å². The minimum absolute atomic E-state index is 0.118. The molecule has 0 spiro atoms. The number of amides is 2. The van der Waals surface area contributed by atoms with Gasteiger partial charge in [0.2, 0.25) is 0 Å². The first-order valence-electron chi connectivity index (χ1n) is 7.46. The van der Waals surface area contributed by atoms with E-state index in [4.69, 9.17) is 4.74 Å². The zero-order chi connectivity index (χ0) is 16.7. The third-order valence-corrected chi connectivity index (χ3v) is 3.17. The van der Waals surface area contributed by atoms with E-state index in [1.165, 1.54) is 0 Å². The monoisotopic (exact) mass is 312 g/mol. The molecule has 0 saturated heterocycles. The minimum atomic E-state index is -0.317. The fraction of sp³-hybridized carbons (Fsp3) is 0.222. The second-order valence-corrected chi connectivity index (χ2v) is 5.05. The van der Waals surface area contributed by atoms with Crippen molar-refractivity contribution in [1.82, 2.24) is 5.32 Å². The fourth-order valence-electron chi connectivity index (χ4n) is 2.02. The number of para-hydroxylation sites is 1. The Hall–Kier alpha value is -2.82. The Morgan fingerprint density at radius 2 is 1.74 bits per heavy atom. The van der Waals surface area contributed by atoms with Crippen molar-refractivity contribution in [2.75, 3.05) is 18.5 Å². The van der Waals surface area contributed by atoms with Crippen LogP contribution in [-0.4, -0.2) is 25.0 Å². The summed E-state index contributed by atoms with van der Waals surface area (Å²) in [5, 5.41) is 5.42. The van der Waals surface area contributed by atoms with E-state index in [9.17, 15) is 9.59 Å². The normalized spacial score (nSPS) is 10.0. The average molecular weight is 312 g/mol. The molecule has 0 aliphatic carbocycles. The van der Waals surface area contributed by atoms with Gasteiger partial charge in [0, 0.05) is 6.54 Å². The molecule has 0 bridgehead atoms. The molecular formula is C18H20N2O3. The Balaban J connectivity index is 1.97. The van der Waals surface area contributed by atoms with Gasteiger partial charge in [-0.15, -0.1) is 0 Å². The van der Waals surface area contributed by atoms with Crippen molar-refractivity contribution in [3.63, 3.8) is 0 Å². The lowest BCUT2D eigenvalue weighted by Gasteiger charge is -2.11. The van der Waals surface area contributed by atoms with E-state index in [1.807, 2.05) is 38.1 Å². The number of ether oxygens (including phenoxy) is 1. The summed E-state index contributed by atoms with van der Waals surface area (Å²) in [5.74, 6) is 0.0907. The third-order valence-electron chi connectivity index (χ3n) is 3.17. The fourth-order valence-corrected chi connectivity index (χ4v) is 2.02. The highest BCUT2D eigenvalue weighted by Crippen LogP contribution is 2.15. The molecule has 0 aliphatic heterocycles. The van der Waals surface area contributed by atoms with Gasteiger partial charge in [-0.25, -0.2) is 0 Å². The van der Waals surface area contributed by atoms with Crippen molar-refractivity contribution in [3.05, 3.63) is 59.7 Å². The van der Waals surface area contributed by atoms with Gasteiger partial charge in [-0.2, -0.15) is 0 Å². The summed E-state index contributed by atoms with van der Waals surface area (Å²) in [6.07, 6.45) is 0. The predicted octanol–water partition coefficient (Wildman–Crippen LogP) is 2.76. The maximum absolute atomic E-state index is 12.0. The van der Waals surface area contributed by atoms with Crippen molar-refractivity contribution in [3.8, 4) is 5.75 Å². The first-order chi connectivity index (χ1) is 11.1.